The summed E-state index contributed by atoms with van der Waals surface area (Å²) in [7, 11) is 0. The Morgan fingerprint density at radius 2 is 1.80 bits per heavy atom. The summed E-state index contributed by atoms with van der Waals surface area (Å²) in [5, 5.41) is 13.0. The largest absolute Gasteiger partial charge is 0.573 e. The third-order valence-electron chi connectivity index (χ3n) is 3.36. The van der Waals surface area contributed by atoms with Gasteiger partial charge in [0.25, 0.3) is 0 Å². The van der Waals surface area contributed by atoms with Gasteiger partial charge in [-0.05, 0) is 29.8 Å². The lowest BCUT2D eigenvalue weighted by atomic mass is 10.1. The minimum Gasteiger partial charge on any atom is -0.478 e. The minimum atomic E-state index is -4.76. The van der Waals surface area contributed by atoms with Gasteiger partial charge in [0, 0.05) is 17.8 Å². The monoisotopic (exact) mass is 348 g/mol. The van der Waals surface area contributed by atoms with E-state index in [1.54, 1.807) is 24.4 Å². The van der Waals surface area contributed by atoms with Crippen LogP contribution >= 0.6 is 0 Å². The second-order valence-corrected chi connectivity index (χ2v) is 5.10. The fourth-order valence-corrected chi connectivity index (χ4v) is 2.24. The summed E-state index contributed by atoms with van der Waals surface area (Å²) in [5.41, 5.74) is 1.99. The minimum absolute atomic E-state index is 0.160. The first kappa shape index (κ1) is 16.6. The molecule has 0 saturated heterocycles. The quantitative estimate of drug-likeness (QED) is 0.770. The highest BCUT2D eigenvalue weighted by molar-refractivity contribution is 5.88. The number of carbonyl (C=O) groups is 1. The van der Waals surface area contributed by atoms with Crippen LogP contribution in [0.5, 0.6) is 5.75 Å². The maximum atomic E-state index is 12.3. The summed E-state index contributed by atoms with van der Waals surface area (Å²) in [6, 6.07) is 11.6. The fourth-order valence-electron chi connectivity index (χ4n) is 2.24. The molecule has 8 heteroatoms. The van der Waals surface area contributed by atoms with Crippen molar-refractivity contribution in [2.45, 2.75) is 6.36 Å². The van der Waals surface area contributed by atoms with Gasteiger partial charge in [-0.15, -0.1) is 13.2 Å². The summed E-state index contributed by atoms with van der Waals surface area (Å²) in [6.07, 6.45) is -1.60. The second-order valence-electron chi connectivity index (χ2n) is 5.10. The van der Waals surface area contributed by atoms with Crippen LogP contribution in [0, 0.1) is 0 Å². The van der Waals surface area contributed by atoms with Crippen LogP contribution in [0.15, 0.2) is 60.9 Å². The molecule has 0 unspecified atom stereocenters. The molecule has 1 heterocycles. The summed E-state index contributed by atoms with van der Waals surface area (Å²) >= 11 is 0. The normalized spacial score (nSPS) is 11.3. The molecule has 0 atom stereocenters. The van der Waals surface area contributed by atoms with E-state index in [1.165, 1.54) is 41.2 Å². The van der Waals surface area contributed by atoms with Crippen molar-refractivity contribution in [1.82, 2.24) is 9.78 Å². The number of aromatic nitrogens is 2. The number of halogens is 3. The Labute approximate surface area is 139 Å². The van der Waals surface area contributed by atoms with Crippen molar-refractivity contribution < 1.29 is 27.8 Å². The molecule has 3 aromatic rings. The highest BCUT2D eigenvalue weighted by Gasteiger charge is 2.31. The molecule has 2 aromatic carbocycles. The lowest BCUT2D eigenvalue weighted by Crippen LogP contribution is -2.17. The Balaban J connectivity index is 1.86. The number of hydrogen-bond acceptors (Lipinski definition) is 3. The van der Waals surface area contributed by atoms with Gasteiger partial charge < -0.3 is 9.84 Å². The number of rotatable bonds is 4. The molecule has 1 N–H and O–H groups in total. The Hall–Kier alpha value is -3.29. The first-order chi connectivity index (χ1) is 11.8. The Bertz CT molecular complexity index is 902. The van der Waals surface area contributed by atoms with Crippen LogP contribution in [-0.4, -0.2) is 27.2 Å². The van der Waals surface area contributed by atoms with E-state index in [4.69, 9.17) is 5.11 Å². The highest BCUT2D eigenvalue weighted by Crippen LogP contribution is 2.26. The topological polar surface area (TPSA) is 64.3 Å². The molecule has 0 aliphatic heterocycles. The number of aromatic carboxylic acids is 1. The molecule has 0 bridgehead atoms. The van der Waals surface area contributed by atoms with E-state index in [0.29, 0.717) is 11.3 Å². The summed E-state index contributed by atoms with van der Waals surface area (Å²) < 4.78 is 42.2. The van der Waals surface area contributed by atoms with E-state index in [9.17, 15) is 18.0 Å². The Morgan fingerprint density at radius 1 is 1.08 bits per heavy atom. The molecule has 0 fully saturated rings. The predicted molar refractivity (Wildman–Crippen MR) is 82.6 cm³/mol. The molecule has 0 radical (unpaired) electrons. The van der Waals surface area contributed by atoms with E-state index in [-0.39, 0.29) is 11.3 Å². The predicted octanol–water partition coefficient (Wildman–Crippen LogP) is 4.14. The number of carboxylic acids is 1. The van der Waals surface area contributed by atoms with Crippen LogP contribution in [0.1, 0.15) is 10.4 Å². The van der Waals surface area contributed by atoms with Crippen LogP contribution in [0.4, 0.5) is 13.2 Å². The van der Waals surface area contributed by atoms with E-state index >= 15 is 0 Å². The molecule has 0 saturated carbocycles. The molecule has 0 amide bonds. The molecule has 5 nitrogen and oxygen atoms in total. The lowest BCUT2D eigenvalue weighted by Gasteiger charge is -2.09. The smallest absolute Gasteiger partial charge is 0.478 e. The van der Waals surface area contributed by atoms with Gasteiger partial charge in [-0.1, -0.05) is 18.2 Å². The van der Waals surface area contributed by atoms with Gasteiger partial charge in [0.2, 0.25) is 0 Å². The van der Waals surface area contributed by atoms with Crippen molar-refractivity contribution in [2.75, 3.05) is 0 Å². The van der Waals surface area contributed by atoms with Crippen LogP contribution in [0.25, 0.3) is 16.8 Å². The number of carboxylic acid groups (broad SMARTS) is 1. The molecule has 128 valence electrons. The third kappa shape index (κ3) is 3.97. The molecule has 25 heavy (non-hydrogen) atoms. The van der Waals surface area contributed by atoms with E-state index in [0.717, 1.165) is 5.56 Å². The van der Waals surface area contributed by atoms with Crippen molar-refractivity contribution in [3.05, 3.63) is 66.5 Å². The second kappa shape index (κ2) is 6.31. The number of ether oxygens (including phenoxy) is 1. The number of benzene rings is 2. The maximum Gasteiger partial charge on any atom is 0.573 e. The van der Waals surface area contributed by atoms with Crippen molar-refractivity contribution in [3.63, 3.8) is 0 Å². The van der Waals surface area contributed by atoms with Crippen molar-refractivity contribution in [1.29, 1.82) is 0 Å². The maximum absolute atomic E-state index is 12.3. The standard InChI is InChI=1S/C17H11F3N2O3/c18-17(19,20)25-15-3-1-2-14(8-15)22-10-13(9-21-22)11-4-6-12(7-5-11)16(23)24/h1-10H,(H,23,24). The van der Waals surface area contributed by atoms with Crippen molar-refractivity contribution in [2.24, 2.45) is 0 Å². The molecule has 0 aliphatic rings. The van der Waals surface area contributed by atoms with E-state index in [2.05, 4.69) is 9.84 Å². The molecular weight excluding hydrogens is 337 g/mol. The van der Waals surface area contributed by atoms with Crippen LogP contribution in [-0.2, 0) is 0 Å². The SMILES string of the molecule is O=C(O)c1ccc(-c2cnn(-c3cccc(OC(F)(F)F)c3)c2)cc1. The molecular formula is C17H11F3N2O3. The van der Waals surface area contributed by atoms with Crippen molar-refractivity contribution in [3.8, 4) is 22.6 Å². The van der Waals surface area contributed by atoms with Gasteiger partial charge in [0.15, 0.2) is 0 Å². The van der Waals surface area contributed by atoms with Crippen LogP contribution in [0.2, 0.25) is 0 Å². The number of alkyl halides is 3. The highest BCUT2D eigenvalue weighted by atomic mass is 19.4. The van der Waals surface area contributed by atoms with Gasteiger partial charge in [0.1, 0.15) is 5.75 Å². The summed E-state index contributed by atoms with van der Waals surface area (Å²) in [5.74, 6) is -1.36. The average molecular weight is 348 g/mol. The van der Waals surface area contributed by atoms with Gasteiger partial charge >= 0.3 is 12.3 Å². The zero-order valence-electron chi connectivity index (χ0n) is 12.6. The molecule has 3 rings (SSSR count). The number of hydrogen-bond donors (Lipinski definition) is 1. The number of nitrogens with zero attached hydrogens (tertiary/aromatic N) is 2. The Kier molecular flexibility index (Phi) is 4.18. The first-order valence-electron chi connectivity index (χ1n) is 7.06. The fraction of sp³-hybridized carbons (Fsp3) is 0.0588. The molecule has 0 aliphatic carbocycles. The van der Waals surface area contributed by atoms with Crippen LogP contribution < -0.4 is 4.74 Å². The van der Waals surface area contributed by atoms with Crippen molar-refractivity contribution >= 4 is 5.97 Å². The van der Waals surface area contributed by atoms with Gasteiger partial charge in [-0.25, -0.2) is 9.48 Å². The van der Waals surface area contributed by atoms with Crippen LogP contribution in [0.3, 0.4) is 0 Å². The first-order valence-corrected chi connectivity index (χ1v) is 7.06. The van der Waals surface area contributed by atoms with Gasteiger partial charge in [-0.3, -0.25) is 0 Å². The molecule has 0 spiro atoms. The zero-order valence-corrected chi connectivity index (χ0v) is 12.6. The lowest BCUT2D eigenvalue weighted by molar-refractivity contribution is -0.274. The van der Waals surface area contributed by atoms with E-state index in [1.807, 2.05) is 0 Å². The van der Waals surface area contributed by atoms with Gasteiger partial charge in [-0.2, -0.15) is 5.10 Å². The summed E-state index contributed by atoms with van der Waals surface area (Å²) in [4.78, 5) is 10.9. The zero-order chi connectivity index (χ0) is 18.0. The Morgan fingerprint density at radius 3 is 2.44 bits per heavy atom. The van der Waals surface area contributed by atoms with Gasteiger partial charge in [0.05, 0.1) is 17.4 Å². The summed E-state index contributed by atoms with van der Waals surface area (Å²) in [6.45, 7) is 0. The molecule has 1 aromatic heterocycles. The third-order valence-corrected chi connectivity index (χ3v) is 3.36. The van der Waals surface area contributed by atoms with E-state index < -0.39 is 12.3 Å². The average Bonchev–Trinajstić information content (AvgIpc) is 3.03.